The number of hydrogen-bond donors (Lipinski definition) is 0. The normalized spacial score (nSPS) is 13.9. The van der Waals surface area contributed by atoms with E-state index in [1.807, 2.05) is 37.3 Å². The number of aryl methyl sites for hydroxylation is 1. The highest BCUT2D eigenvalue weighted by Crippen LogP contribution is 2.27. The van der Waals surface area contributed by atoms with Crippen LogP contribution in [0.3, 0.4) is 0 Å². The largest absolute Gasteiger partial charge is 0.496 e. The molecule has 2 amide bonds. The smallest absolute Gasteiger partial charge is 0.273 e. The number of carbonyl (C=O) groups excluding carboxylic acids is 2. The van der Waals surface area contributed by atoms with Gasteiger partial charge >= 0.3 is 0 Å². The van der Waals surface area contributed by atoms with Gasteiger partial charge in [-0.3, -0.25) is 9.59 Å². The van der Waals surface area contributed by atoms with E-state index in [1.54, 1.807) is 34.4 Å². The minimum Gasteiger partial charge on any atom is -0.496 e. The summed E-state index contributed by atoms with van der Waals surface area (Å²) in [4.78, 5) is 33.8. The number of carbonyl (C=O) groups is 2. The predicted molar refractivity (Wildman–Crippen MR) is 122 cm³/mol. The molecule has 6 nitrogen and oxygen atoms in total. The number of hydrogen-bond acceptors (Lipinski definition) is 5. The third kappa shape index (κ3) is 4.57. The number of aromatic nitrogens is 1. The lowest BCUT2D eigenvalue weighted by Crippen LogP contribution is -2.50. The van der Waals surface area contributed by atoms with E-state index in [1.165, 1.54) is 11.3 Å². The zero-order valence-electron chi connectivity index (χ0n) is 17.3. The number of piperazine rings is 1. The van der Waals surface area contributed by atoms with Crippen LogP contribution in [0.4, 0.5) is 0 Å². The summed E-state index contributed by atoms with van der Waals surface area (Å²) in [5.74, 6) is 0.523. The van der Waals surface area contributed by atoms with Crippen LogP contribution in [0.1, 0.15) is 26.4 Å². The van der Waals surface area contributed by atoms with Gasteiger partial charge in [-0.2, -0.15) is 0 Å². The third-order valence-corrected chi connectivity index (χ3v) is 6.43. The van der Waals surface area contributed by atoms with Gasteiger partial charge in [-0.15, -0.1) is 11.3 Å². The van der Waals surface area contributed by atoms with Crippen molar-refractivity contribution in [2.45, 2.75) is 6.92 Å². The molecule has 0 saturated carbocycles. The molecular weight excluding hydrogens is 434 g/mol. The van der Waals surface area contributed by atoms with E-state index >= 15 is 0 Å². The van der Waals surface area contributed by atoms with E-state index in [0.717, 1.165) is 16.1 Å². The topological polar surface area (TPSA) is 62.7 Å². The number of methoxy groups -OCH3 is 1. The van der Waals surface area contributed by atoms with Gasteiger partial charge in [0.05, 0.1) is 7.11 Å². The maximum atomic E-state index is 12.9. The van der Waals surface area contributed by atoms with Gasteiger partial charge in [0.15, 0.2) is 0 Å². The Morgan fingerprint density at radius 2 is 1.74 bits per heavy atom. The summed E-state index contributed by atoms with van der Waals surface area (Å²) in [5, 5.41) is 3.16. The van der Waals surface area contributed by atoms with Crippen LogP contribution >= 0.6 is 22.9 Å². The van der Waals surface area contributed by atoms with Gasteiger partial charge in [0.1, 0.15) is 16.5 Å². The van der Waals surface area contributed by atoms with Crippen LogP contribution in [0.25, 0.3) is 10.6 Å². The molecule has 1 aliphatic rings. The Labute approximate surface area is 190 Å². The Morgan fingerprint density at radius 1 is 1.03 bits per heavy atom. The van der Waals surface area contributed by atoms with Crippen LogP contribution < -0.4 is 4.74 Å². The summed E-state index contributed by atoms with van der Waals surface area (Å²) < 4.78 is 5.32. The minimum absolute atomic E-state index is 0.0534. The van der Waals surface area contributed by atoms with Gasteiger partial charge in [0.2, 0.25) is 0 Å². The second kappa shape index (κ2) is 9.08. The third-order valence-electron chi connectivity index (χ3n) is 5.30. The lowest BCUT2D eigenvalue weighted by atomic mass is 10.1. The molecule has 0 N–H and O–H groups in total. The predicted octanol–water partition coefficient (Wildman–Crippen LogP) is 4.38. The van der Waals surface area contributed by atoms with E-state index in [9.17, 15) is 9.59 Å². The Morgan fingerprint density at radius 3 is 2.42 bits per heavy atom. The zero-order valence-corrected chi connectivity index (χ0v) is 18.9. The summed E-state index contributed by atoms with van der Waals surface area (Å²) >= 11 is 7.47. The number of thiazole rings is 1. The summed E-state index contributed by atoms with van der Waals surface area (Å²) in [6.45, 7) is 3.83. The fourth-order valence-corrected chi connectivity index (χ4v) is 4.52. The second-order valence-electron chi connectivity index (χ2n) is 7.32. The molecule has 31 heavy (non-hydrogen) atoms. The van der Waals surface area contributed by atoms with Crippen molar-refractivity contribution in [2.75, 3.05) is 33.3 Å². The Kier molecular flexibility index (Phi) is 6.25. The molecule has 3 aromatic rings. The van der Waals surface area contributed by atoms with Crippen LogP contribution in [0.2, 0.25) is 5.02 Å². The van der Waals surface area contributed by atoms with Crippen LogP contribution in [-0.2, 0) is 0 Å². The van der Waals surface area contributed by atoms with E-state index in [4.69, 9.17) is 16.3 Å². The standard InChI is InChI=1S/C23H22ClN3O3S/c1-15-6-7-17(13-20(15)30-2)22(28)26-8-10-27(11-9-26)23(29)19-14-31-21(25-19)16-4-3-5-18(24)12-16/h3-7,12-14H,8-11H2,1-2H3. The second-order valence-corrected chi connectivity index (χ2v) is 8.61. The first kappa shape index (κ1) is 21.3. The fourth-order valence-electron chi connectivity index (χ4n) is 3.54. The molecule has 160 valence electrons. The first-order chi connectivity index (χ1) is 15.0. The highest BCUT2D eigenvalue weighted by Gasteiger charge is 2.27. The van der Waals surface area contributed by atoms with Crippen molar-refractivity contribution in [3.8, 4) is 16.3 Å². The highest BCUT2D eigenvalue weighted by atomic mass is 35.5. The molecule has 0 spiro atoms. The number of rotatable bonds is 4. The van der Waals surface area contributed by atoms with Crippen molar-refractivity contribution in [1.29, 1.82) is 0 Å². The molecule has 0 atom stereocenters. The van der Waals surface area contributed by atoms with E-state index in [0.29, 0.717) is 48.2 Å². The maximum absolute atomic E-state index is 12.9. The Bertz CT molecular complexity index is 1120. The molecule has 1 saturated heterocycles. The Balaban J connectivity index is 1.40. The van der Waals surface area contributed by atoms with Crippen molar-refractivity contribution >= 4 is 34.8 Å². The van der Waals surface area contributed by atoms with Crippen molar-refractivity contribution in [3.05, 3.63) is 69.7 Å². The van der Waals surface area contributed by atoms with Gasteiger partial charge in [-0.05, 0) is 36.8 Å². The van der Waals surface area contributed by atoms with Crippen molar-refractivity contribution in [3.63, 3.8) is 0 Å². The maximum Gasteiger partial charge on any atom is 0.273 e. The van der Waals surface area contributed by atoms with Crippen molar-refractivity contribution in [1.82, 2.24) is 14.8 Å². The van der Waals surface area contributed by atoms with Crippen LogP contribution in [0.15, 0.2) is 47.8 Å². The SMILES string of the molecule is COc1cc(C(=O)N2CCN(C(=O)c3csc(-c4cccc(Cl)c4)n3)CC2)ccc1C. The lowest BCUT2D eigenvalue weighted by molar-refractivity contribution is 0.0532. The number of benzene rings is 2. The molecule has 0 radical (unpaired) electrons. The quantitative estimate of drug-likeness (QED) is 0.585. The molecule has 1 aliphatic heterocycles. The first-order valence-corrected chi connectivity index (χ1v) is 11.2. The van der Waals surface area contributed by atoms with E-state index in [-0.39, 0.29) is 11.8 Å². The van der Waals surface area contributed by atoms with Gasteiger partial charge in [0, 0.05) is 47.7 Å². The Hall–Kier alpha value is -2.90. The molecule has 2 heterocycles. The molecule has 0 unspecified atom stereocenters. The number of ether oxygens (including phenoxy) is 1. The monoisotopic (exact) mass is 455 g/mol. The summed E-state index contributed by atoms with van der Waals surface area (Å²) in [5.41, 5.74) is 2.88. The summed E-state index contributed by atoms with van der Waals surface area (Å²) in [6.07, 6.45) is 0. The first-order valence-electron chi connectivity index (χ1n) is 9.91. The number of halogens is 1. The minimum atomic E-state index is -0.117. The van der Waals surface area contributed by atoms with Crippen LogP contribution in [0.5, 0.6) is 5.75 Å². The fraction of sp³-hybridized carbons (Fsp3) is 0.261. The van der Waals surface area contributed by atoms with Gasteiger partial charge in [-0.1, -0.05) is 29.8 Å². The molecular formula is C23H22ClN3O3S. The highest BCUT2D eigenvalue weighted by molar-refractivity contribution is 7.13. The van der Waals surface area contributed by atoms with Crippen molar-refractivity contribution < 1.29 is 14.3 Å². The molecule has 2 aromatic carbocycles. The molecule has 0 bridgehead atoms. The molecule has 8 heteroatoms. The van der Waals surface area contributed by atoms with Gasteiger partial charge in [0.25, 0.3) is 11.8 Å². The lowest BCUT2D eigenvalue weighted by Gasteiger charge is -2.34. The van der Waals surface area contributed by atoms with Crippen molar-refractivity contribution in [2.24, 2.45) is 0 Å². The molecule has 1 fully saturated rings. The van der Waals surface area contributed by atoms with Gasteiger partial charge < -0.3 is 14.5 Å². The number of nitrogens with zero attached hydrogens (tertiary/aromatic N) is 3. The zero-order chi connectivity index (χ0) is 22.0. The van der Waals surface area contributed by atoms with Crippen LogP contribution in [-0.4, -0.2) is 59.9 Å². The van der Waals surface area contributed by atoms with E-state index < -0.39 is 0 Å². The molecule has 0 aliphatic carbocycles. The molecule has 4 rings (SSSR count). The molecule has 1 aromatic heterocycles. The summed E-state index contributed by atoms with van der Waals surface area (Å²) in [6, 6.07) is 12.9. The average molecular weight is 456 g/mol. The van der Waals surface area contributed by atoms with E-state index in [2.05, 4.69) is 4.98 Å². The van der Waals surface area contributed by atoms with Crippen LogP contribution in [0, 0.1) is 6.92 Å². The summed E-state index contributed by atoms with van der Waals surface area (Å²) in [7, 11) is 1.59. The average Bonchev–Trinajstić information content (AvgIpc) is 3.29. The number of amides is 2. The van der Waals surface area contributed by atoms with Gasteiger partial charge in [-0.25, -0.2) is 4.98 Å².